The zero-order valence-corrected chi connectivity index (χ0v) is 15.5. The molecule has 0 unspecified atom stereocenters. The van der Waals surface area contributed by atoms with Crippen LogP contribution in [0.2, 0.25) is 10.0 Å². The van der Waals surface area contributed by atoms with Gasteiger partial charge in [-0.3, -0.25) is 4.98 Å². The molecule has 5 nitrogen and oxygen atoms in total. The first kappa shape index (κ1) is 17.7. The lowest BCUT2D eigenvalue weighted by molar-refractivity contribution is 0.476. The number of phenolic OH excluding ortho intramolecular Hbond substituents is 1. The molecule has 1 heterocycles. The van der Waals surface area contributed by atoms with Gasteiger partial charge >= 0.3 is 0 Å². The van der Waals surface area contributed by atoms with Crippen LogP contribution in [0.1, 0.15) is 6.92 Å². The summed E-state index contributed by atoms with van der Waals surface area (Å²) in [6.45, 7) is 2.68. The summed E-state index contributed by atoms with van der Waals surface area (Å²) in [5.74, 6) is 0.424. The summed E-state index contributed by atoms with van der Waals surface area (Å²) in [5.41, 5.74) is 3.08. The summed E-state index contributed by atoms with van der Waals surface area (Å²) < 4.78 is 0. The van der Waals surface area contributed by atoms with E-state index in [-0.39, 0.29) is 15.8 Å². The molecule has 0 atom stereocenters. The van der Waals surface area contributed by atoms with Crippen molar-refractivity contribution in [1.82, 2.24) is 15.3 Å². The number of aromatic hydroxyl groups is 1. The second-order valence-electron chi connectivity index (χ2n) is 5.23. The van der Waals surface area contributed by atoms with Crippen molar-refractivity contribution < 1.29 is 5.11 Å². The van der Waals surface area contributed by atoms with Gasteiger partial charge in [-0.1, -0.05) is 29.3 Å². The number of aromatic nitrogens is 2. The predicted octanol–water partition coefficient (Wildman–Crippen LogP) is 4.62. The van der Waals surface area contributed by atoms with Crippen molar-refractivity contribution in [2.75, 3.05) is 11.9 Å². The number of hydrogen-bond acceptors (Lipinski definition) is 4. The topological polar surface area (TPSA) is 70.1 Å². The van der Waals surface area contributed by atoms with Crippen molar-refractivity contribution in [1.29, 1.82) is 0 Å². The summed E-state index contributed by atoms with van der Waals surface area (Å²) >= 11 is 17.2. The van der Waals surface area contributed by atoms with Crippen molar-refractivity contribution in [3.8, 4) is 16.9 Å². The highest BCUT2D eigenvalue weighted by molar-refractivity contribution is 7.80. The lowest BCUT2D eigenvalue weighted by Gasteiger charge is -2.09. The van der Waals surface area contributed by atoms with Crippen molar-refractivity contribution in [2.24, 2.45) is 0 Å². The summed E-state index contributed by atoms with van der Waals surface area (Å²) in [4.78, 5) is 8.90. The van der Waals surface area contributed by atoms with Crippen LogP contribution >= 0.6 is 35.4 Å². The predicted molar refractivity (Wildman–Crippen MR) is 107 cm³/mol. The molecule has 0 saturated heterocycles. The Kier molecular flexibility index (Phi) is 5.22. The summed E-state index contributed by atoms with van der Waals surface area (Å²) in [6, 6.07) is 8.94. The van der Waals surface area contributed by atoms with Gasteiger partial charge in [0, 0.05) is 6.54 Å². The second kappa shape index (κ2) is 7.39. The molecule has 1 aromatic heterocycles. The van der Waals surface area contributed by atoms with Crippen molar-refractivity contribution in [2.45, 2.75) is 6.92 Å². The zero-order valence-electron chi connectivity index (χ0n) is 13.2. The van der Waals surface area contributed by atoms with E-state index in [4.69, 9.17) is 35.4 Å². The molecule has 25 heavy (non-hydrogen) atoms. The smallest absolute Gasteiger partial charge is 0.171 e. The molecular weight excluding hydrogens is 379 g/mol. The average Bonchev–Trinajstić information content (AvgIpc) is 2.58. The fourth-order valence-corrected chi connectivity index (χ4v) is 3.04. The van der Waals surface area contributed by atoms with Gasteiger partial charge in [-0.05, 0) is 54.5 Å². The first-order valence-corrected chi connectivity index (χ1v) is 8.64. The Morgan fingerprint density at radius 3 is 2.52 bits per heavy atom. The Hall–Kier alpha value is -2.15. The molecule has 3 N–H and O–H groups in total. The fourth-order valence-electron chi connectivity index (χ4n) is 2.30. The minimum Gasteiger partial charge on any atom is -0.505 e. The number of rotatable bonds is 3. The van der Waals surface area contributed by atoms with Gasteiger partial charge in [0.25, 0.3) is 0 Å². The molecule has 0 aliphatic carbocycles. The number of hydrogen-bond donors (Lipinski definition) is 3. The van der Waals surface area contributed by atoms with Crippen molar-refractivity contribution in [3.63, 3.8) is 0 Å². The van der Waals surface area contributed by atoms with E-state index in [0.717, 1.165) is 23.2 Å². The Bertz CT molecular complexity index is 942. The lowest BCUT2D eigenvalue weighted by atomic mass is 10.0. The minimum atomic E-state index is -0.129. The number of thiocarbonyl (C=S) groups is 1. The molecule has 8 heteroatoms. The standard InChI is InChI=1S/C17H14Cl2N4OS/c1-2-20-17(25)23-15-8-21-13-4-3-9(7-14(13)22-15)10-5-11(18)16(24)12(19)6-10/h3-8,24H,2H2,1H3,(H2,20,22,23,25). The van der Waals surface area contributed by atoms with E-state index in [1.807, 2.05) is 25.1 Å². The Balaban J connectivity index is 1.99. The molecule has 0 amide bonds. The number of halogens is 2. The third kappa shape index (κ3) is 3.92. The first-order valence-electron chi connectivity index (χ1n) is 7.48. The third-order valence-corrected chi connectivity index (χ3v) is 4.29. The number of fused-ring (bicyclic) bond motifs is 1. The van der Waals surface area contributed by atoms with Gasteiger partial charge in [-0.25, -0.2) is 4.98 Å². The van der Waals surface area contributed by atoms with E-state index in [1.54, 1.807) is 18.3 Å². The van der Waals surface area contributed by atoms with Crippen LogP contribution in [0.15, 0.2) is 36.5 Å². The maximum absolute atomic E-state index is 9.70. The third-order valence-electron chi connectivity index (χ3n) is 3.47. The molecule has 0 aliphatic rings. The Morgan fingerprint density at radius 2 is 1.84 bits per heavy atom. The molecule has 0 bridgehead atoms. The number of benzene rings is 2. The largest absolute Gasteiger partial charge is 0.505 e. The molecule has 0 saturated carbocycles. The van der Waals surface area contributed by atoms with E-state index in [2.05, 4.69) is 20.6 Å². The van der Waals surface area contributed by atoms with Gasteiger partial charge in [0.1, 0.15) is 0 Å². The van der Waals surface area contributed by atoms with Gasteiger partial charge in [-0.2, -0.15) is 0 Å². The normalized spacial score (nSPS) is 10.7. The Labute approximate surface area is 160 Å². The fraction of sp³-hybridized carbons (Fsp3) is 0.118. The number of nitrogens with one attached hydrogen (secondary N) is 2. The van der Waals surface area contributed by atoms with E-state index < -0.39 is 0 Å². The maximum atomic E-state index is 9.70. The molecule has 3 aromatic rings. The SMILES string of the molecule is CCNC(=S)Nc1cnc2ccc(-c3cc(Cl)c(O)c(Cl)c3)cc2n1. The van der Waals surface area contributed by atoms with Crippen molar-refractivity contribution >= 4 is 57.4 Å². The van der Waals surface area contributed by atoms with Gasteiger partial charge in [-0.15, -0.1) is 0 Å². The molecule has 0 fully saturated rings. The van der Waals surface area contributed by atoms with Crippen LogP contribution in [-0.2, 0) is 0 Å². The summed E-state index contributed by atoms with van der Waals surface area (Å²) in [7, 11) is 0. The first-order chi connectivity index (χ1) is 12.0. The summed E-state index contributed by atoms with van der Waals surface area (Å²) in [6.07, 6.45) is 1.62. The zero-order chi connectivity index (χ0) is 18.0. The highest BCUT2D eigenvalue weighted by Gasteiger charge is 2.10. The van der Waals surface area contributed by atoms with Crippen molar-refractivity contribution in [3.05, 3.63) is 46.6 Å². The number of anilines is 1. The average molecular weight is 393 g/mol. The lowest BCUT2D eigenvalue weighted by Crippen LogP contribution is -2.28. The Morgan fingerprint density at radius 1 is 1.12 bits per heavy atom. The van der Waals surface area contributed by atoms with Gasteiger partial charge < -0.3 is 15.7 Å². The quantitative estimate of drug-likeness (QED) is 0.565. The summed E-state index contributed by atoms with van der Waals surface area (Å²) in [5, 5.41) is 16.6. The highest BCUT2D eigenvalue weighted by atomic mass is 35.5. The van der Waals surface area contributed by atoms with Crippen LogP contribution in [0, 0.1) is 0 Å². The second-order valence-corrected chi connectivity index (χ2v) is 6.45. The van der Waals surface area contributed by atoms with Gasteiger partial charge in [0.2, 0.25) is 0 Å². The van der Waals surface area contributed by atoms with E-state index >= 15 is 0 Å². The minimum absolute atomic E-state index is 0.129. The van der Waals surface area contributed by atoms with Gasteiger partial charge in [0.15, 0.2) is 16.7 Å². The number of nitrogens with zero attached hydrogens (tertiary/aromatic N) is 2. The molecular formula is C17H14Cl2N4OS. The molecule has 2 aromatic carbocycles. The molecule has 0 aliphatic heterocycles. The highest BCUT2D eigenvalue weighted by Crippen LogP contribution is 2.36. The molecule has 0 spiro atoms. The number of phenols is 1. The van der Waals surface area contributed by atoms with E-state index in [1.165, 1.54) is 0 Å². The van der Waals surface area contributed by atoms with Crippen LogP contribution in [-0.4, -0.2) is 26.7 Å². The van der Waals surface area contributed by atoms with E-state index in [9.17, 15) is 5.11 Å². The molecule has 3 rings (SSSR count). The van der Waals surface area contributed by atoms with Crippen LogP contribution in [0.3, 0.4) is 0 Å². The van der Waals surface area contributed by atoms with Crippen LogP contribution in [0.25, 0.3) is 22.2 Å². The maximum Gasteiger partial charge on any atom is 0.171 e. The van der Waals surface area contributed by atoms with Gasteiger partial charge in [0.05, 0.1) is 27.3 Å². The molecule has 0 radical (unpaired) electrons. The molecule has 128 valence electrons. The monoisotopic (exact) mass is 392 g/mol. The van der Waals surface area contributed by atoms with Crippen LogP contribution in [0.5, 0.6) is 5.75 Å². The van der Waals surface area contributed by atoms with Crippen LogP contribution < -0.4 is 10.6 Å². The van der Waals surface area contributed by atoms with E-state index in [0.29, 0.717) is 16.4 Å². The van der Waals surface area contributed by atoms with Crippen LogP contribution in [0.4, 0.5) is 5.82 Å².